The van der Waals surface area contributed by atoms with E-state index < -0.39 is 18.0 Å². The highest BCUT2D eigenvalue weighted by Crippen LogP contribution is 2.38. The van der Waals surface area contributed by atoms with Gasteiger partial charge in [0, 0.05) is 18.0 Å². The molecule has 0 bridgehead atoms. The lowest BCUT2D eigenvalue weighted by Crippen LogP contribution is -2.50. The minimum Gasteiger partial charge on any atom is -0.341 e. The van der Waals surface area contributed by atoms with Crippen LogP contribution in [-0.4, -0.2) is 30.9 Å². The van der Waals surface area contributed by atoms with Gasteiger partial charge in [0.2, 0.25) is 0 Å². The van der Waals surface area contributed by atoms with Gasteiger partial charge in [-0.2, -0.15) is 0 Å². The van der Waals surface area contributed by atoms with Crippen LogP contribution in [-0.2, 0) is 4.79 Å². The summed E-state index contributed by atoms with van der Waals surface area (Å²) in [5, 5.41) is 6.31. The van der Waals surface area contributed by atoms with Crippen LogP contribution < -0.4 is 15.5 Å². The molecule has 1 aliphatic rings. The molecule has 0 saturated carbocycles. The third-order valence-electron chi connectivity index (χ3n) is 3.82. The second-order valence-electron chi connectivity index (χ2n) is 5.10. The first kappa shape index (κ1) is 14.1. The summed E-state index contributed by atoms with van der Waals surface area (Å²) >= 11 is 0. The lowest BCUT2D eigenvalue weighted by molar-refractivity contribution is -0.120. The van der Waals surface area contributed by atoms with Crippen molar-refractivity contribution in [3.8, 4) is 0 Å². The lowest BCUT2D eigenvalue weighted by atomic mass is 10.1. The zero-order chi connectivity index (χ0) is 15.9. The number of carbonyl (C=O) groups is 3. The Morgan fingerprint density at radius 2 is 1.82 bits per heavy atom. The van der Waals surface area contributed by atoms with Crippen molar-refractivity contribution in [2.24, 2.45) is 0 Å². The first-order chi connectivity index (χ1) is 10.5. The summed E-state index contributed by atoms with van der Waals surface area (Å²) in [7, 11) is 1.42. The Labute approximate surface area is 127 Å². The van der Waals surface area contributed by atoms with Crippen LogP contribution in [0.4, 0.5) is 10.5 Å². The number of carbonyl (C=O) groups excluding carboxylic acids is 3. The predicted molar refractivity (Wildman–Crippen MR) is 82.8 cm³/mol. The fourth-order valence-corrected chi connectivity index (χ4v) is 2.72. The number of imide groups is 1. The monoisotopic (exact) mass is 297 g/mol. The highest BCUT2D eigenvalue weighted by Gasteiger charge is 2.36. The lowest BCUT2D eigenvalue weighted by Gasteiger charge is -2.24. The number of nitrogens with one attached hydrogen (secondary N) is 2. The van der Waals surface area contributed by atoms with Crippen LogP contribution in [0.3, 0.4) is 0 Å². The minimum atomic E-state index is -0.789. The zero-order valence-corrected chi connectivity index (χ0v) is 12.2. The van der Waals surface area contributed by atoms with Crippen LogP contribution in [0.2, 0.25) is 0 Å². The molecular formula is C16H15N3O3. The fraction of sp³-hybridized carbons (Fsp3) is 0.188. The van der Waals surface area contributed by atoms with Crippen LogP contribution in [0.1, 0.15) is 17.3 Å². The molecular weight excluding hydrogens is 282 g/mol. The number of anilines is 1. The van der Waals surface area contributed by atoms with Crippen LogP contribution in [0.15, 0.2) is 36.4 Å². The van der Waals surface area contributed by atoms with Gasteiger partial charge in [-0.3, -0.25) is 19.8 Å². The Balaban J connectivity index is 2.00. The fourth-order valence-electron chi connectivity index (χ4n) is 2.72. The minimum absolute atomic E-state index is 0.230. The standard InChI is InChI=1S/C16H15N3O3/c1-9(14(20)18-16(22)17-2)19-12-8-4-6-10-5-3-7-11(13(10)12)15(19)21/h3-9H,1-2H3,(H2,17,18,20,22)/t9-/m0/s1. The quantitative estimate of drug-likeness (QED) is 0.884. The number of nitrogens with zero attached hydrogens (tertiary/aromatic N) is 1. The van der Waals surface area contributed by atoms with Crippen molar-refractivity contribution < 1.29 is 14.4 Å². The van der Waals surface area contributed by atoms with E-state index in [0.717, 1.165) is 10.8 Å². The number of amides is 4. The summed E-state index contributed by atoms with van der Waals surface area (Å²) in [6.45, 7) is 1.60. The van der Waals surface area contributed by atoms with Gasteiger partial charge >= 0.3 is 6.03 Å². The van der Waals surface area contributed by atoms with Gasteiger partial charge in [-0.25, -0.2) is 4.79 Å². The number of benzene rings is 2. The van der Waals surface area contributed by atoms with Gasteiger partial charge in [0.15, 0.2) is 0 Å². The smallest absolute Gasteiger partial charge is 0.321 e. The average molecular weight is 297 g/mol. The van der Waals surface area contributed by atoms with Crippen molar-refractivity contribution in [1.82, 2.24) is 10.6 Å². The molecule has 6 nitrogen and oxygen atoms in total. The Hall–Kier alpha value is -2.89. The van der Waals surface area contributed by atoms with Crippen molar-refractivity contribution in [1.29, 1.82) is 0 Å². The molecule has 0 radical (unpaired) electrons. The summed E-state index contributed by atoms with van der Waals surface area (Å²) in [5.41, 5.74) is 1.27. The molecule has 0 spiro atoms. The molecule has 2 aromatic carbocycles. The van der Waals surface area contributed by atoms with Gasteiger partial charge in [0.25, 0.3) is 11.8 Å². The van der Waals surface area contributed by atoms with E-state index in [1.807, 2.05) is 24.3 Å². The normalized spacial score (nSPS) is 14.1. The molecule has 112 valence electrons. The Morgan fingerprint density at radius 1 is 1.14 bits per heavy atom. The summed E-state index contributed by atoms with van der Waals surface area (Å²) < 4.78 is 0. The topological polar surface area (TPSA) is 78.5 Å². The molecule has 2 N–H and O–H groups in total. The summed E-state index contributed by atoms with van der Waals surface area (Å²) in [5.74, 6) is -0.760. The maximum Gasteiger partial charge on any atom is 0.321 e. The molecule has 1 atom stereocenters. The van der Waals surface area contributed by atoms with Gasteiger partial charge in [0.1, 0.15) is 6.04 Å². The molecule has 0 aromatic heterocycles. The van der Waals surface area contributed by atoms with Crippen molar-refractivity contribution in [2.45, 2.75) is 13.0 Å². The molecule has 0 saturated heterocycles. The number of urea groups is 1. The van der Waals surface area contributed by atoms with Gasteiger partial charge in [-0.1, -0.05) is 24.3 Å². The summed E-state index contributed by atoms with van der Waals surface area (Å²) in [4.78, 5) is 37.5. The third kappa shape index (κ3) is 2.00. The Kier molecular flexibility index (Phi) is 3.29. The van der Waals surface area contributed by atoms with Gasteiger partial charge < -0.3 is 5.32 Å². The maximum atomic E-state index is 12.6. The molecule has 1 heterocycles. The van der Waals surface area contributed by atoms with Crippen LogP contribution in [0.5, 0.6) is 0 Å². The van der Waals surface area contributed by atoms with Gasteiger partial charge in [0.05, 0.1) is 5.69 Å². The molecule has 0 unspecified atom stereocenters. The number of rotatable bonds is 2. The van der Waals surface area contributed by atoms with E-state index in [1.54, 1.807) is 19.1 Å². The average Bonchev–Trinajstić information content (AvgIpc) is 2.81. The first-order valence-electron chi connectivity index (χ1n) is 6.92. The molecule has 1 aliphatic heterocycles. The molecule has 0 aliphatic carbocycles. The molecule has 6 heteroatoms. The second-order valence-corrected chi connectivity index (χ2v) is 5.10. The SMILES string of the molecule is CNC(=O)NC(=O)[C@H](C)N1C(=O)c2cccc3cccc1c23. The van der Waals surface area contributed by atoms with E-state index in [0.29, 0.717) is 11.3 Å². The number of hydrogen-bond acceptors (Lipinski definition) is 3. The molecule has 2 aromatic rings. The van der Waals surface area contributed by atoms with Crippen LogP contribution in [0.25, 0.3) is 10.8 Å². The second kappa shape index (κ2) is 5.14. The number of hydrogen-bond donors (Lipinski definition) is 2. The zero-order valence-electron chi connectivity index (χ0n) is 12.2. The summed E-state index contributed by atoms with van der Waals surface area (Å²) in [6.07, 6.45) is 0. The van der Waals surface area contributed by atoms with E-state index in [1.165, 1.54) is 11.9 Å². The van der Waals surface area contributed by atoms with E-state index in [2.05, 4.69) is 10.6 Å². The van der Waals surface area contributed by atoms with E-state index in [-0.39, 0.29) is 5.91 Å². The van der Waals surface area contributed by atoms with Crippen molar-refractivity contribution in [3.63, 3.8) is 0 Å². The van der Waals surface area contributed by atoms with Gasteiger partial charge in [-0.15, -0.1) is 0 Å². The van der Waals surface area contributed by atoms with E-state index in [4.69, 9.17) is 0 Å². The van der Waals surface area contributed by atoms with Crippen LogP contribution >= 0.6 is 0 Å². The van der Waals surface area contributed by atoms with Crippen molar-refractivity contribution in [2.75, 3.05) is 11.9 Å². The molecule has 0 fully saturated rings. The van der Waals surface area contributed by atoms with Gasteiger partial charge in [-0.05, 0) is 24.4 Å². The highest BCUT2D eigenvalue weighted by molar-refractivity contribution is 6.26. The molecule has 4 amide bonds. The maximum absolute atomic E-state index is 12.6. The largest absolute Gasteiger partial charge is 0.341 e. The van der Waals surface area contributed by atoms with E-state index >= 15 is 0 Å². The van der Waals surface area contributed by atoms with Crippen molar-refractivity contribution in [3.05, 3.63) is 42.0 Å². The first-order valence-corrected chi connectivity index (χ1v) is 6.92. The highest BCUT2D eigenvalue weighted by atomic mass is 16.2. The Bertz CT molecular complexity index is 795. The predicted octanol–water partition coefficient (Wildman–Crippen LogP) is 1.64. The Morgan fingerprint density at radius 3 is 2.50 bits per heavy atom. The third-order valence-corrected chi connectivity index (χ3v) is 3.82. The molecule has 3 rings (SSSR count). The van der Waals surface area contributed by atoms with E-state index in [9.17, 15) is 14.4 Å². The molecule has 22 heavy (non-hydrogen) atoms. The van der Waals surface area contributed by atoms with Crippen LogP contribution in [0, 0.1) is 0 Å². The van der Waals surface area contributed by atoms with Crippen molar-refractivity contribution >= 4 is 34.3 Å². The summed E-state index contributed by atoms with van der Waals surface area (Å²) in [6, 6.07) is 9.68.